The van der Waals surface area contributed by atoms with Gasteiger partial charge in [-0.05, 0) is 55.3 Å². The Morgan fingerprint density at radius 1 is 1.12 bits per heavy atom. The molecule has 5 heterocycles. The zero-order chi connectivity index (χ0) is 35.5. The third-order valence-electron chi connectivity index (χ3n) is 9.03. The third kappa shape index (κ3) is 5.79. The number of aryl methyl sites for hydroxylation is 2. The van der Waals surface area contributed by atoms with Crippen molar-refractivity contribution in [3.05, 3.63) is 94.3 Å². The van der Waals surface area contributed by atoms with E-state index in [0.29, 0.717) is 42.3 Å². The minimum Gasteiger partial charge on any atom is -0.490 e. The second kappa shape index (κ2) is 12.6. The highest BCUT2D eigenvalue weighted by Gasteiger charge is 2.39. The van der Waals surface area contributed by atoms with Crippen molar-refractivity contribution in [3.63, 3.8) is 0 Å². The van der Waals surface area contributed by atoms with Gasteiger partial charge in [-0.2, -0.15) is 13.2 Å². The summed E-state index contributed by atoms with van der Waals surface area (Å²) in [5.41, 5.74) is -1.28. The predicted molar refractivity (Wildman–Crippen MR) is 171 cm³/mol. The number of pyridine rings is 1. The van der Waals surface area contributed by atoms with Gasteiger partial charge < -0.3 is 29.1 Å². The molecule has 0 aliphatic carbocycles. The van der Waals surface area contributed by atoms with Gasteiger partial charge in [-0.3, -0.25) is 9.59 Å². The lowest BCUT2D eigenvalue weighted by Crippen LogP contribution is -2.29. The lowest BCUT2D eigenvalue weighted by atomic mass is 9.94. The van der Waals surface area contributed by atoms with Crippen LogP contribution in [0.3, 0.4) is 0 Å². The minimum absolute atomic E-state index is 0.00165. The second-order valence-corrected chi connectivity index (χ2v) is 12.1. The molecule has 1 fully saturated rings. The fraction of sp³-hybridized carbons (Fsp3) is 0.286. The van der Waals surface area contributed by atoms with Crippen LogP contribution in [0.2, 0.25) is 0 Å². The van der Waals surface area contributed by atoms with Crippen LogP contribution in [0.4, 0.5) is 32.0 Å². The second-order valence-electron chi connectivity index (χ2n) is 12.1. The number of carbonyl (C=O) groups excluding carboxylic acids is 2. The molecule has 7 rings (SSSR count). The molecule has 1 saturated heterocycles. The first-order chi connectivity index (χ1) is 23.8. The van der Waals surface area contributed by atoms with Crippen molar-refractivity contribution in [1.29, 1.82) is 0 Å². The Morgan fingerprint density at radius 3 is 2.58 bits per heavy atom. The van der Waals surface area contributed by atoms with E-state index in [1.165, 1.54) is 28.8 Å². The molecule has 0 unspecified atom stereocenters. The normalized spacial score (nSPS) is 16.3. The molecule has 260 valence electrons. The Balaban J connectivity index is 1.25. The van der Waals surface area contributed by atoms with E-state index < -0.39 is 52.1 Å². The number of ether oxygens (including phenoxy) is 2. The summed E-state index contributed by atoms with van der Waals surface area (Å²) in [6.45, 7) is 2.62. The van der Waals surface area contributed by atoms with Crippen LogP contribution >= 0.6 is 0 Å². The molecule has 2 aliphatic rings. The Bertz CT molecular complexity index is 2210. The predicted octanol–water partition coefficient (Wildman–Crippen LogP) is 6.43. The monoisotopic (exact) mass is 697 g/mol. The number of fused-ring (bicyclic) bond motifs is 4. The maximum atomic E-state index is 15.2. The number of nitrogens with one attached hydrogen (secondary N) is 2. The Labute approximate surface area is 280 Å². The van der Waals surface area contributed by atoms with Gasteiger partial charge in [0.25, 0.3) is 5.91 Å². The van der Waals surface area contributed by atoms with Gasteiger partial charge in [0.2, 0.25) is 5.78 Å². The molecule has 15 heteroatoms. The molecule has 2 aromatic carbocycles. The van der Waals surface area contributed by atoms with E-state index in [1.807, 2.05) is 5.32 Å². The van der Waals surface area contributed by atoms with Gasteiger partial charge in [0.15, 0.2) is 11.6 Å². The number of amides is 1. The number of rotatable bonds is 7. The summed E-state index contributed by atoms with van der Waals surface area (Å²) in [7, 11) is 1.61. The zero-order valence-electron chi connectivity index (χ0n) is 26.7. The number of ketones is 1. The summed E-state index contributed by atoms with van der Waals surface area (Å²) < 4.78 is 103. The number of halogens is 6. The number of carbonyl (C=O) groups is 2. The van der Waals surface area contributed by atoms with Crippen LogP contribution in [0.25, 0.3) is 27.7 Å². The van der Waals surface area contributed by atoms with Gasteiger partial charge >= 0.3 is 6.18 Å². The maximum Gasteiger partial charge on any atom is 0.417 e. The van der Waals surface area contributed by atoms with Crippen molar-refractivity contribution in [2.75, 3.05) is 31.7 Å². The maximum absolute atomic E-state index is 15.2. The van der Waals surface area contributed by atoms with Crippen molar-refractivity contribution in [1.82, 2.24) is 19.3 Å². The van der Waals surface area contributed by atoms with Crippen molar-refractivity contribution < 1.29 is 45.4 Å². The van der Waals surface area contributed by atoms with Crippen LogP contribution in [0.1, 0.15) is 39.4 Å². The summed E-state index contributed by atoms with van der Waals surface area (Å²) in [5.74, 6) is -5.72. The number of aromatic nitrogens is 3. The van der Waals surface area contributed by atoms with E-state index in [2.05, 4.69) is 10.3 Å². The van der Waals surface area contributed by atoms with Crippen LogP contribution < -0.4 is 15.4 Å². The first kappa shape index (κ1) is 33.4. The number of benzene rings is 2. The Morgan fingerprint density at radius 2 is 1.88 bits per heavy atom. The van der Waals surface area contributed by atoms with Crippen LogP contribution in [-0.2, 0) is 29.2 Å². The van der Waals surface area contributed by atoms with Gasteiger partial charge in [0, 0.05) is 55.5 Å². The number of imidazole rings is 1. The molecular weight excluding hydrogens is 668 g/mol. The van der Waals surface area contributed by atoms with E-state index in [0.717, 1.165) is 18.6 Å². The molecule has 1 atom stereocenters. The van der Waals surface area contributed by atoms with Gasteiger partial charge in [0.05, 0.1) is 35.5 Å². The van der Waals surface area contributed by atoms with E-state index >= 15 is 8.78 Å². The van der Waals surface area contributed by atoms with Crippen molar-refractivity contribution in [2.24, 2.45) is 7.05 Å². The lowest BCUT2D eigenvalue weighted by molar-refractivity contribution is -0.137. The highest BCUT2D eigenvalue weighted by molar-refractivity contribution is 6.10. The van der Waals surface area contributed by atoms with E-state index in [-0.39, 0.29) is 59.2 Å². The molecule has 5 aromatic rings. The molecule has 0 bridgehead atoms. The van der Waals surface area contributed by atoms with Crippen molar-refractivity contribution in [3.8, 4) is 16.9 Å². The van der Waals surface area contributed by atoms with Crippen molar-refractivity contribution >= 4 is 33.9 Å². The molecular formula is C35H29F6N5O4. The summed E-state index contributed by atoms with van der Waals surface area (Å²) in [4.78, 5) is 30.6. The first-order valence-corrected chi connectivity index (χ1v) is 15.7. The van der Waals surface area contributed by atoms with Crippen molar-refractivity contribution in [2.45, 2.75) is 32.0 Å². The summed E-state index contributed by atoms with van der Waals surface area (Å²) >= 11 is 0. The number of hydrogen-bond donors (Lipinski definition) is 2. The van der Waals surface area contributed by atoms with Crippen LogP contribution in [0, 0.1) is 18.6 Å². The summed E-state index contributed by atoms with van der Waals surface area (Å²) in [5, 5.41) is 4.84. The van der Waals surface area contributed by atoms with E-state index in [9.17, 15) is 27.2 Å². The highest BCUT2D eigenvalue weighted by Crippen LogP contribution is 2.48. The average Bonchev–Trinajstić information content (AvgIpc) is 3.79. The topological polar surface area (TPSA) is 98.9 Å². The number of alkyl halides is 3. The molecule has 0 radical (unpaired) electrons. The number of hydrogen-bond acceptors (Lipinski definition) is 6. The minimum atomic E-state index is -4.79. The van der Waals surface area contributed by atoms with Gasteiger partial charge in [-0.15, -0.1) is 0 Å². The number of anilines is 1. The molecule has 50 heavy (non-hydrogen) atoms. The quantitative estimate of drug-likeness (QED) is 0.116. The van der Waals surface area contributed by atoms with Gasteiger partial charge in [-0.25, -0.2) is 18.2 Å². The highest BCUT2D eigenvalue weighted by atomic mass is 19.4. The molecule has 2 N–H and O–H groups in total. The Hall–Kier alpha value is -5.15. The molecule has 0 spiro atoms. The third-order valence-corrected chi connectivity index (χ3v) is 9.03. The Kier molecular flexibility index (Phi) is 8.42. The SMILES string of the molecule is Cc1nc2c3c(c(C(F)(F)F)cc2n1C)-c1cccn2c(C(=O)c4cc(F)c(NC(=O)/C(F)=C/CN[C@@H]5CCOC5)c(F)c4)cc(c12)CCO3. The average molecular weight is 698 g/mol. The molecule has 3 aromatic heterocycles. The molecule has 0 saturated carbocycles. The van der Waals surface area contributed by atoms with Crippen LogP contribution in [0.15, 0.2) is 54.5 Å². The van der Waals surface area contributed by atoms with E-state index in [1.54, 1.807) is 18.5 Å². The standard InChI is InChI=1S/C35H29F6N5O4/c1-17-43-30-26(45(17)2)15-22(35(39,40)41)28-21-4-3-9-46-27(14-18(31(21)46)6-11-50-33(28)30)32(47)19-12-24(37)29(25(38)13-19)44-34(48)23(36)5-8-42-20-7-10-49-16-20/h3-5,9,12-15,20,42H,6-8,10-11,16H2,1-2H3,(H,44,48)/b23-5-/t20-/m1/s1. The largest absolute Gasteiger partial charge is 0.490 e. The van der Waals surface area contributed by atoms with Gasteiger partial charge in [-0.1, -0.05) is 6.07 Å². The smallest absolute Gasteiger partial charge is 0.417 e. The fourth-order valence-electron chi connectivity index (χ4n) is 6.46. The molecule has 1 amide bonds. The molecule has 9 nitrogen and oxygen atoms in total. The fourth-order valence-corrected chi connectivity index (χ4v) is 6.46. The summed E-state index contributed by atoms with van der Waals surface area (Å²) in [6.07, 6.45) is -1.47. The molecule has 2 aliphatic heterocycles. The van der Waals surface area contributed by atoms with Gasteiger partial charge in [0.1, 0.15) is 28.7 Å². The zero-order valence-corrected chi connectivity index (χ0v) is 26.7. The van der Waals surface area contributed by atoms with Crippen LogP contribution in [0.5, 0.6) is 5.75 Å². The van der Waals surface area contributed by atoms with E-state index in [4.69, 9.17) is 9.47 Å². The number of nitrogens with zero attached hydrogens (tertiary/aromatic N) is 3. The first-order valence-electron chi connectivity index (χ1n) is 15.7. The lowest BCUT2D eigenvalue weighted by Gasteiger charge is -2.22. The summed E-state index contributed by atoms with van der Waals surface area (Å²) in [6, 6.07) is 6.81. The van der Waals surface area contributed by atoms with Crippen LogP contribution in [-0.4, -0.2) is 58.0 Å².